The normalized spacial score (nSPS) is 11.2. The van der Waals surface area contributed by atoms with Gasteiger partial charge >= 0.3 is 69.2 Å². The Bertz CT molecular complexity index is 607. The molecule has 1 rings (SSSR count). The molecule has 0 radical (unpaired) electrons. The number of rotatable bonds is 3. The Morgan fingerprint density at radius 3 is 1.82 bits per heavy atom. The minimum atomic E-state index is -4.79. The standard InChI is InChI=1S/C5H4O8S2.2Na.2H/c6-2-3-4(14(7,8)9)1-5(13-3)15(10,11)12;;;;/h1-2H,(H,7,8,9)(H,10,11,12);;;;/q;2*+1;2*-1. The maximum atomic E-state index is 10.6. The number of aldehydes is 1. The summed E-state index contributed by atoms with van der Waals surface area (Å²) in [6.07, 6.45) is -0.113. The van der Waals surface area contributed by atoms with Crippen molar-refractivity contribution < 1.29 is 97.1 Å². The van der Waals surface area contributed by atoms with Gasteiger partial charge in [0.15, 0.2) is 12.0 Å². The van der Waals surface area contributed by atoms with Gasteiger partial charge in [-0.1, -0.05) is 0 Å². The molecule has 1 aromatic rings. The summed E-state index contributed by atoms with van der Waals surface area (Å²) in [6.45, 7) is 0. The Morgan fingerprint density at radius 2 is 1.59 bits per heavy atom. The van der Waals surface area contributed by atoms with Gasteiger partial charge in [-0.05, 0) is 0 Å². The third kappa shape index (κ3) is 5.11. The third-order valence-corrected chi connectivity index (χ3v) is 2.93. The molecule has 0 amide bonds. The molecule has 8 nitrogen and oxygen atoms in total. The molecule has 88 valence electrons. The van der Waals surface area contributed by atoms with Crippen LogP contribution >= 0.6 is 0 Å². The van der Waals surface area contributed by atoms with Crippen LogP contribution in [0.25, 0.3) is 0 Å². The Kier molecular flexibility index (Phi) is 8.03. The Hall–Kier alpha value is 0.770. The predicted molar refractivity (Wildman–Crippen MR) is 45.9 cm³/mol. The van der Waals surface area contributed by atoms with E-state index in [-0.39, 0.29) is 68.3 Å². The Balaban J connectivity index is -0.000000281. The zero-order valence-electron chi connectivity index (χ0n) is 10.8. The molecule has 0 unspecified atom stereocenters. The van der Waals surface area contributed by atoms with Gasteiger partial charge in [-0.25, -0.2) is 0 Å². The summed E-state index contributed by atoms with van der Waals surface area (Å²) in [5.74, 6) is -0.912. The van der Waals surface area contributed by atoms with E-state index < -0.39 is 36.0 Å². The van der Waals surface area contributed by atoms with Crippen LogP contribution in [-0.2, 0) is 20.2 Å². The molecule has 0 saturated heterocycles. The first-order chi connectivity index (χ1) is 6.66. The van der Waals surface area contributed by atoms with Crippen molar-refractivity contribution in [3.8, 4) is 0 Å². The second-order valence-corrected chi connectivity index (χ2v) is 5.10. The molecular weight excluding hydrogens is 298 g/mol. The molecule has 17 heavy (non-hydrogen) atoms. The van der Waals surface area contributed by atoms with Gasteiger partial charge in [0.25, 0.3) is 10.1 Å². The number of hydrogen-bond donors (Lipinski definition) is 2. The van der Waals surface area contributed by atoms with Crippen LogP contribution in [0.1, 0.15) is 13.4 Å². The first-order valence-corrected chi connectivity index (χ1v) is 6.08. The van der Waals surface area contributed by atoms with E-state index in [9.17, 15) is 21.6 Å². The molecule has 1 heterocycles. The first-order valence-electron chi connectivity index (χ1n) is 3.20. The van der Waals surface area contributed by atoms with E-state index in [2.05, 4.69) is 4.42 Å². The molecular formula is C5H6Na2O8S2. The van der Waals surface area contributed by atoms with Crippen LogP contribution < -0.4 is 59.1 Å². The van der Waals surface area contributed by atoms with Crippen LogP contribution in [0.5, 0.6) is 0 Å². The van der Waals surface area contributed by atoms with Crippen LogP contribution in [0, 0.1) is 0 Å². The zero-order valence-corrected chi connectivity index (χ0v) is 14.4. The first kappa shape index (κ1) is 20.1. The van der Waals surface area contributed by atoms with Crippen LogP contribution in [-0.4, -0.2) is 32.2 Å². The van der Waals surface area contributed by atoms with Crippen LogP contribution in [0.15, 0.2) is 20.5 Å². The van der Waals surface area contributed by atoms with Crippen LogP contribution in [0.2, 0.25) is 0 Å². The number of furan rings is 1. The molecule has 0 bridgehead atoms. The fourth-order valence-corrected chi connectivity index (χ4v) is 1.91. The molecule has 0 saturated carbocycles. The van der Waals surface area contributed by atoms with E-state index >= 15 is 0 Å². The largest absolute Gasteiger partial charge is 1.00 e. The predicted octanol–water partition coefficient (Wildman–Crippen LogP) is -6.18. The number of hydrogen-bond acceptors (Lipinski definition) is 6. The van der Waals surface area contributed by atoms with E-state index in [1.54, 1.807) is 0 Å². The summed E-state index contributed by atoms with van der Waals surface area (Å²) in [4.78, 5) is 9.25. The summed E-state index contributed by atoms with van der Waals surface area (Å²) in [6, 6.07) is 0.328. The average molecular weight is 304 g/mol. The van der Waals surface area contributed by atoms with Gasteiger partial charge < -0.3 is 7.27 Å². The van der Waals surface area contributed by atoms with Crippen molar-refractivity contribution in [1.82, 2.24) is 0 Å². The fraction of sp³-hybridized carbons (Fsp3) is 0. The van der Waals surface area contributed by atoms with Crippen LogP contribution in [0.3, 0.4) is 0 Å². The molecule has 0 fully saturated rings. The molecule has 0 atom stereocenters. The van der Waals surface area contributed by atoms with E-state index in [4.69, 9.17) is 9.11 Å². The van der Waals surface area contributed by atoms with Crippen molar-refractivity contribution in [2.45, 2.75) is 9.99 Å². The summed E-state index contributed by atoms with van der Waals surface area (Å²) >= 11 is 0. The molecule has 0 aromatic carbocycles. The van der Waals surface area contributed by atoms with E-state index in [1.807, 2.05) is 0 Å². The monoisotopic (exact) mass is 304 g/mol. The van der Waals surface area contributed by atoms with E-state index in [0.717, 1.165) is 0 Å². The SMILES string of the molecule is O=Cc1oc(S(=O)(=O)O)cc1S(=O)(=O)O.[H-].[H-].[Na+].[Na+]. The topological polar surface area (TPSA) is 139 Å². The molecule has 0 aliphatic rings. The summed E-state index contributed by atoms with van der Waals surface area (Å²) in [5.41, 5.74) is 0. The molecule has 1 aromatic heterocycles. The van der Waals surface area contributed by atoms with Crippen LogP contribution in [0.4, 0.5) is 0 Å². The van der Waals surface area contributed by atoms with Crippen molar-refractivity contribution in [1.29, 1.82) is 0 Å². The van der Waals surface area contributed by atoms with Gasteiger partial charge in [0, 0.05) is 6.07 Å². The maximum Gasteiger partial charge on any atom is 1.00 e. The molecule has 12 heteroatoms. The summed E-state index contributed by atoms with van der Waals surface area (Å²) < 4.78 is 63.5. The summed E-state index contributed by atoms with van der Waals surface area (Å²) in [7, 11) is -9.56. The van der Waals surface area contributed by atoms with E-state index in [0.29, 0.717) is 6.07 Å². The molecule has 0 spiro atoms. The van der Waals surface area contributed by atoms with Gasteiger partial charge in [0.1, 0.15) is 4.90 Å². The zero-order chi connectivity index (χ0) is 11.9. The van der Waals surface area contributed by atoms with Gasteiger partial charge in [0.05, 0.1) is 0 Å². The van der Waals surface area contributed by atoms with Gasteiger partial charge in [-0.2, -0.15) is 16.8 Å². The summed E-state index contributed by atoms with van der Waals surface area (Å²) in [5, 5.41) is -1.14. The van der Waals surface area contributed by atoms with Crippen molar-refractivity contribution >= 4 is 26.5 Å². The van der Waals surface area contributed by atoms with Crippen molar-refractivity contribution in [3.63, 3.8) is 0 Å². The molecule has 2 N–H and O–H groups in total. The second-order valence-electron chi connectivity index (χ2n) is 2.36. The third-order valence-electron chi connectivity index (χ3n) is 1.34. The Labute approximate surface area is 144 Å². The number of carbonyl (C=O) groups is 1. The quantitative estimate of drug-likeness (QED) is 0.319. The minimum Gasteiger partial charge on any atom is -1.00 e. The second kappa shape index (κ2) is 6.80. The van der Waals surface area contributed by atoms with Crippen molar-refractivity contribution in [2.24, 2.45) is 0 Å². The smallest absolute Gasteiger partial charge is 1.00 e. The number of carbonyl (C=O) groups excluding carboxylic acids is 1. The molecule has 0 aliphatic heterocycles. The van der Waals surface area contributed by atoms with Crippen molar-refractivity contribution in [2.75, 3.05) is 0 Å². The van der Waals surface area contributed by atoms with E-state index in [1.165, 1.54) is 0 Å². The average Bonchev–Trinajstić information content (AvgIpc) is 2.44. The minimum absolute atomic E-state index is 0. The fourth-order valence-electron chi connectivity index (χ4n) is 0.777. The molecule has 0 aliphatic carbocycles. The van der Waals surface area contributed by atoms with Gasteiger partial charge in [-0.15, -0.1) is 0 Å². The van der Waals surface area contributed by atoms with Crippen molar-refractivity contribution in [3.05, 3.63) is 11.8 Å². The van der Waals surface area contributed by atoms with Gasteiger partial charge in [0.2, 0.25) is 5.09 Å². The van der Waals surface area contributed by atoms with Gasteiger partial charge in [-0.3, -0.25) is 13.9 Å². The maximum absolute atomic E-state index is 10.6. The Morgan fingerprint density at radius 1 is 1.12 bits per heavy atom.